The van der Waals surface area contributed by atoms with Gasteiger partial charge in [-0.25, -0.2) is 4.98 Å². The number of aryl methyl sites for hydroxylation is 1. The zero-order valence-electron chi connectivity index (χ0n) is 17.7. The molecule has 0 fully saturated rings. The molecule has 0 atom stereocenters. The minimum Gasteiger partial charge on any atom is -0.334 e. The molecule has 1 heterocycles. The minimum absolute atomic E-state index is 1.03. The van der Waals surface area contributed by atoms with Crippen molar-refractivity contribution < 1.29 is 0 Å². The highest BCUT2D eigenvalue weighted by Crippen LogP contribution is 2.50. The van der Waals surface area contributed by atoms with Crippen LogP contribution in [0.25, 0.3) is 66.3 Å². The summed E-state index contributed by atoms with van der Waals surface area (Å²) in [6.45, 7) is 0. The van der Waals surface area contributed by atoms with Crippen molar-refractivity contribution in [1.82, 2.24) is 9.55 Å². The highest BCUT2D eigenvalue weighted by Gasteiger charge is 2.23. The molecule has 0 N–H and O–H groups in total. The molecule has 0 aliphatic heterocycles. The highest BCUT2D eigenvalue weighted by molar-refractivity contribution is 6.19. The zero-order chi connectivity index (χ0) is 21.2. The Morgan fingerprint density at radius 2 is 1.34 bits per heavy atom. The van der Waals surface area contributed by atoms with Crippen molar-refractivity contribution in [2.45, 2.75) is 0 Å². The fraction of sp³-hybridized carbons (Fsp3) is 0.0333. The van der Waals surface area contributed by atoms with Crippen molar-refractivity contribution in [2.24, 2.45) is 7.05 Å². The molecule has 5 aromatic carbocycles. The smallest absolute Gasteiger partial charge is 0.0955 e. The molecule has 1 aromatic heterocycles. The third kappa shape index (κ3) is 2.38. The van der Waals surface area contributed by atoms with Crippen molar-refractivity contribution in [3.63, 3.8) is 0 Å². The molecule has 0 radical (unpaired) electrons. The topological polar surface area (TPSA) is 17.8 Å². The number of hydrogen-bond acceptors (Lipinski definition) is 1. The van der Waals surface area contributed by atoms with E-state index >= 15 is 0 Å². The fourth-order valence-electron chi connectivity index (χ4n) is 5.21. The molecule has 2 heteroatoms. The molecule has 0 bridgehead atoms. The average Bonchev–Trinajstić information content (AvgIpc) is 3.38. The van der Waals surface area contributed by atoms with Crippen LogP contribution in [0.3, 0.4) is 0 Å². The van der Waals surface area contributed by atoms with Crippen LogP contribution in [0.5, 0.6) is 0 Å². The Balaban J connectivity index is 1.46. The van der Waals surface area contributed by atoms with Gasteiger partial charge in [-0.05, 0) is 73.5 Å². The quantitative estimate of drug-likeness (QED) is 0.286. The summed E-state index contributed by atoms with van der Waals surface area (Å²) in [6.07, 6.45) is 1.88. The molecule has 0 saturated carbocycles. The lowest BCUT2D eigenvalue weighted by atomic mass is 9.94. The maximum Gasteiger partial charge on any atom is 0.0955 e. The van der Waals surface area contributed by atoms with E-state index in [1.807, 2.05) is 13.4 Å². The lowest BCUT2D eigenvalue weighted by Crippen LogP contribution is -1.87. The SMILES string of the molecule is Cn1cnc2ccc(-c3ccc4c5c(cccc35)-c3ccc(-c5ccccc5)cc3-4)cc21. The predicted molar refractivity (Wildman–Crippen MR) is 134 cm³/mol. The summed E-state index contributed by atoms with van der Waals surface area (Å²) in [6, 6.07) is 35.4. The molecule has 1 aliphatic rings. The largest absolute Gasteiger partial charge is 0.334 e. The van der Waals surface area contributed by atoms with Crippen molar-refractivity contribution in [2.75, 3.05) is 0 Å². The van der Waals surface area contributed by atoms with Gasteiger partial charge in [0, 0.05) is 7.05 Å². The Labute approximate surface area is 186 Å². The molecule has 1 aliphatic carbocycles. The first-order valence-electron chi connectivity index (χ1n) is 11.0. The second-order valence-electron chi connectivity index (χ2n) is 8.57. The number of nitrogens with zero attached hydrogens (tertiary/aromatic N) is 2. The zero-order valence-corrected chi connectivity index (χ0v) is 17.7. The lowest BCUT2D eigenvalue weighted by molar-refractivity contribution is 0.948. The number of benzene rings is 5. The first-order chi connectivity index (χ1) is 15.8. The predicted octanol–water partition coefficient (Wildman–Crippen LogP) is 7.71. The first-order valence-corrected chi connectivity index (χ1v) is 11.0. The van der Waals surface area contributed by atoms with E-state index in [4.69, 9.17) is 0 Å². The van der Waals surface area contributed by atoms with E-state index in [0.717, 1.165) is 11.0 Å². The number of hydrogen-bond donors (Lipinski definition) is 0. The lowest BCUT2D eigenvalue weighted by Gasteiger charge is -2.10. The van der Waals surface area contributed by atoms with Gasteiger partial charge in [-0.15, -0.1) is 0 Å². The standard InChI is InChI=1S/C30H20N2/c1-32-18-31-28-15-11-21(17-29(28)32)22-13-14-26-27-16-20(19-6-3-2-4-7-19)10-12-23(27)25-9-5-8-24(22)30(25)26/h2-18H,1H3. The monoisotopic (exact) mass is 408 g/mol. The fourth-order valence-corrected chi connectivity index (χ4v) is 5.21. The van der Waals surface area contributed by atoms with Crippen LogP contribution < -0.4 is 0 Å². The summed E-state index contributed by atoms with van der Waals surface area (Å²) >= 11 is 0. The van der Waals surface area contributed by atoms with Crippen molar-refractivity contribution >= 4 is 21.8 Å². The van der Waals surface area contributed by atoms with Crippen molar-refractivity contribution in [3.8, 4) is 44.5 Å². The van der Waals surface area contributed by atoms with Crippen LogP contribution in [0.4, 0.5) is 0 Å². The maximum absolute atomic E-state index is 4.48. The maximum atomic E-state index is 4.48. The van der Waals surface area contributed by atoms with Gasteiger partial charge in [-0.3, -0.25) is 0 Å². The van der Waals surface area contributed by atoms with Gasteiger partial charge < -0.3 is 4.57 Å². The van der Waals surface area contributed by atoms with E-state index in [1.165, 1.54) is 55.3 Å². The van der Waals surface area contributed by atoms with Crippen LogP contribution in [0, 0.1) is 0 Å². The van der Waals surface area contributed by atoms with Gasteiger partial charge in [0.05, 0.1) is 17.4 Å². The van der Waals surface area contributed by atoms with Crippen LogP contribution in [0.1, 0.15) is 0 Å². The number of imidazole rings is 1. The molecule has 2 nitrogen and oxygen atoms in total. The second-order valence-corrected chi connectivity index (χ2v) is 8.57. The molecule has 150 valence electrons. The van der Waals surface area contributed by atoms with E-state index in [-0.39, 0.29) is 0 Å². The van der Waals surface area contributed by atoms with Gasteiger partial charge >= 0.3 is 0 Å². The van der Waals surface area contributed by atoms with Crippen LogP contribution in [-0.4, -0.2) is 9.55 Å². The minimum atomic E-state index is 1.03. The second kappa shape index (κ2) is 6.41. The Morgan fingerprint density at radius 3 is 2.25 bits per heavy atom. The number of aromatic nitrogens is 2. The van der Waals surface area contributed by atoms with Gasteiger partial charge in [0.15, 0.2) is 0 Å². The Bertz CT molecular complexity index is 1670. The van der Waals surface area contributed by atoms with E-state index in [1.54, 1.807) is 0 Å². The first kappa shape index (κ1) is 17.5. The highest BCUT2D eigenvalue weighted by atomic mass is 15.0. The van der Waals surface area contributed by atoms with Gasteiger partial charge in [0.1, 0.15) is 0 Å². The Kier molecular flexibility index (Phi) is 3.51. The van der Waals surface area contributed by atoms with E-state index in [2.05, 4.69) is 107 Å². The molecule has 0 saturated heterocycles. The molecule has 32 heavy (non-hydrogen) atoms. The Morgan fingerprint density at radius 1 is 0.562 bits per heavy atom. The summed E-state index contributed by atoms with van der Waals surface area (Å²) in [4.78, 5) is 4.48. The van der Waals surface area contributed by atoms with E-state index in [0.29, 0.717) is 0 Å². The number of fused-ring (bicyclic) bond motifs is 4. The molecule has 0 unspecified atom stereocenters. The van der Waals surface area contributed by atoms with Crippen LogP contribution >= 0.6 is 0 Å². The summed E-state index contributed by atoms with van der Waals surface area (Å²) in [5, 5.41) is 2.66. The van der Waals surface area contributed by atoms with Gasteiger partial charge in [0.2, 0.25) is 0 Å². The van der Waals surface area contributed by atoms with Gasteiger partial charge in [0.25, 0.3) is 0 Å². The van der Waals surface area contributed by atoms with Gasteiger partial charge in [-0.1, -0.05) is 78.9 Å². The van der Waals surface area contributed by atoms with E-state index < -0.39 is 0 Å². The van der Waals surface area contributed by atoms with Crippen LogP contribution in [0.2, 0.25) is 0 Å². The number of rotatable bonds is 2. The third-order valence-electron chi connectivity index (χ3n) is 6.78. The van der Waals surface area contributed by atoms with Crippen LogP contribution in [0.15, 0.2) is 103 Å². The average molecular weight is 409 g/mol. The van der Waals surface area contributed by atoms with Gasteiger partial charge in [-0.2, -0.15) is 0 Å². The molecule has 7 rings (SSSR count). The molecule has 6 aromatic rings. The van der Waals surface area contributed by atoms with Crippen LogP contribution in [-0.2, 0) is 7.05 Å². The molecular weight excluding hydrogens is 388 g/mol. The van der Waals surface area contributed by atoms with Crippen molar-refractivity contribution in [3.05, 3.63) is 103 Å². The van der Waals surface area contributed by atoms with Crippen molar-refractivity contribution in [1.29, 1.82) is 0 Å². The summed E-state index contributed by atoms with van der Waals surface area (Å²) in [7, 11) is 2.05. The normalized spacial score (nSPS) is 11.9. The Hall–Kier alpha value is -4.17. The molecule has 0 amide bonds. The molecule has 0 spiro atoms. The summed E-state index contributed by atoms with van der Waals surface area (Å²) in [5.74, 6) is 0. The molecular formula is C30H20N2. The third-order valence-corrected chi connectivity index (χ3v) is 6.78. The summed E-state index contributed by atoms with van der Waals surface area (Å²) in [5.41, 5.74) is 12.5. The van der Waals surface area contributed by atoms with E-state index in [9.17, 15) is 0 Å². The summed E-state index contributed by atoms with van der Waals surface area (Å²) < 4.78 is 2.08.